The van der Waals surface area contributed by atoms with Gasteiger partial charge in [0.05, 0.1) is 19.0 Å². The monoisotopic (exact) mass is 1090 g/mol. The Morgan fingerprint density at radius 3 is 2.04 bits per heavy atom. The lowest BCUT2D eigenvalue weighted by molar-refractivity contribution is -0.142. The Labute approximate surface area is 443 Å². The van der Waals surface area contributed by atoms with E-state index in [1.165, 1.54) is 4.90 Å². The van der Waals surface area contributed by atoms with Crippen LogP contribution < -0.4 is 71.6 Å². The first-order valence-corrected chi connectivity index (χ1v) is 26.9. The predicted molar refractivity (Wildman–Crippen MR) is 281 cm³/mol. The quantitative estimate of drug-likeness (QED) is 0.0254. The zero-order valence-corrected chi connectivity index (χ0v) is 44.1. The summed E-state index contributed by atoms with van der Waals surface area (Å²) in [4.78, 5) is 150. The van der Waals surface area contributed by atoms with Gasteiger partial charge >= 0.3 is 0 Å². The number of likely N-dealkylation sites (tertiary alicyclic amines) is 1. The van der Waals surface area contributed by atoms with Crippen LogP contribution in [0, 0.1) is 5.92 Å². The van der Waals surface area contributed by atoms with E-state index in [2.05, 4.69) is 42.2 Å². The number of unbranched alkanes of at least 4 members (excludes halogenated alkanes) is 1. The van der Waals surface area contributed by atoms with Crippen LogP contribution in [0.2, 0.25) is 0 Å². The minimum absolute atomic E-state index is 0.0232. The zero-order valence-electron chi connectivity index (χ0n) is 42.5. The van der Waals surface area contributed by atoms with Crippen LogP contribution in [0.25, 0.3) is 0 Å². The Morgan fingerprint density at radius 2 is 1.43 bits per heavy atom. The number of rotatable bonds is 20. The van der Waals surface area contributed by atoms with E-state index in [-0.39, 0.29) is 62.7 Å². The Kier molecular flexibility index (Phi) is 29.2. The highest BCUT2D eigenvalue weighted by molar-refractivity contribution is 8.76. The molecule has 0 radical (unpaired) electrons. The van der Waals surface area contributed by atoms with Gasteiger partial charge in [0.2, 0.25) is 59.1 Å². The molecule has 0 aliphatic carbocycles. The number of aliphatic imine (C=N–C) groups is 1. The summed E-state index contributed by atoms with van der Waals surface area (Å²) in [5.74, 6) is -9.82. The van der Waals surface area contributed by atoms with E-state index in [0.29, 0.717) is 37.8 Å². The first-order chi connectivity index (χ1) is 35.5. The number of primary amides is 2. The van der Waals surface area contributed by atoms with E-state index in [1.807, 2.05) is 0 Å². The molecule has 2 heterocycles. The lowest BCUT2D eigenvalue weighted by Gasteiger charge is -2.31. The molecule has 1 aromatic carbocycles. The van der Waals surface area contributed by atoms with Crippen molar-refractivity contribution in [1.82, 2.24) is 42.1 Å². The van der Waals surface area contributed by atoms with Crippen molar-refractivity contribution in [2.75, 3.05) is 37.7 Å². The Hall–Kier alpha value is -6.72. The number of nitrogens with two attached hydrogens (primary N) is 6. The molecule has 0 saturated carbocycles. The maximum Gasteiger partial charge on any atom is 0.300 e. The fourth-order valence-corrected chi connectivity index (χ4v) is 9.88. The van der Waals surface area contributed by atoms with Gasteiger partial charge in [0.1, 0.15) is 42.3 Å². The van der Waals surface area contributed by atoms with Gasteiger partial charge in [-0.3, -0.25) is 57.7 Å². The van der Waals surface area contributed by atoms with Crippen LogP contribution in [0.1, 0.15) is 84.1 Å². The summed E-state index contributed by atoms with van der Waals surface area (Å²) in [7, 11) is 2.12. The standard InChI is InChI=1S/C44H71N15O10S2.C2H4O2/c1-3-24(2)35-42(68)54-28(14-9-17-51-44(49)50)38(64)56-30(20-33(47)60)39(65)57-31(23-71-70-22-26(46)36(62)55-29(40(66)58-35)19-25-11-5-4-6-12-25)43(69)59-18-10-15-32(59)41(67)53-27(13-7-8-16-45)37(63)52-21-34(48)61;1-2(3)4/h4-6,11-12,24,26-32,35H,3,7-10,13-23,45-46H2,1-2H3,(H2,47,60)(H2,48,61)(H,52,63)(H,53,67)(H,54,68)(H,55,62)(H,56,64)(H,57,65)(H,58,66)(H4,49,50,51);1H3,(H,3,4)/t24-,26-,27-,28-,29-,30-,31-,32-,35-;/m0./s1. The molecule has 29 heteroatoms. The summed E-state index contributed by atoms with van der Waals surface area (Å²) >= 11 is 0. The van der Waals surface area contributed by atoms with Gasteiger partial charge in [0, 0.05) is 37.9 Å². The van der Waals surface area contributed by atoms with Gasteiger partial charge in [-0.25, -0.2) is 0 Å². The second kappa shape index (κ2) is 34.0. The second-order valence-corrected chi connectivity index (χ2v) is 20.4. The molecule has 9 atom stereocenters. The minimum atomic E-state index is -1.69. The summed E-state index contributed by atoms with van der Waals surface area (Å²) in [5.41, 5.74) is 34.5. The molecule has 1 aromatic rings. The van der Waals surface area contributed by atoms with Crippen LogP contribution >= 0.6 is 21.6 Å². The first-order valence-electron chi connectivity index (χ1n) is 24.4. The maximum atomic E-state index is 14.6. The molecule has 2 fully saturated rings. The predicted octanol–water partition coefficient (Wildman–Crippen LogP) is -4.35. The van der Waals surface area contributed by atoms with Crippen LogP contribution in [0.4, 0.5) is 0 Å². The van der Waals surface area contributed by atoms with Crippen molar-refractivity contribution < 1.29 is 57.8 Å². The van der Waals surface area contributed by atoms with E-state index < -0.39 is 132 Å². The summed E-state index contributed by atoms with van der Waals surface area (Å²) in [6.07, 6.45) is 1.39. The third-order valence-electron chi connectivity index (χ3n) is 11.7. The number of nitrogens with one attached hydrogen (secondary N) is 7. The summed E-state index contributed by atoms with van der Waals surface area (Å²) in [6, 6.07) is -1.54. The highest BCUT2D eigenvalue weighted by Gasteiger charge is 2.41. The van der Waals surface area contributed by atoms with E-state index in [0.717, 1.165) is 28.5 Å². The molecule has 418 valence electrons. The summed E-state index contributed by atoms with van der Waals surface area (Å²) in [5, 5.41) is 25.7. The van der Waals surface area contributed by atoms with E-state index in [1.54, 1.807) is 44.2 Å². The van der Waals surface area contributed by atoms with Crippen LogP contribution in [-0.2, 0) is 59.2 Å². The number of amides is 10. The third-order valence-corrected chi connectivity index (χ3v) is 14.1. The summed E-state index contributed by atoms with van der Waals surface area (Å²) in [6.45, 7) is 4.54. The molecule has 2 saturated heterocycles. The second-order valence-electron chi connectivity index (χ2n) is 17.8. The number of guanidine groups is 1. The SMILES string of the molecule is CC(=O)O.CC[C@H](C)[C@@H]1NC(=O)[C@H](Cc2ccccc2)NC(=O)[C@@H](N)CSSC[C@@H](C(=O)N2CCC[C@H]2C(=O)N[C@@H](CCCCN)C(=O)NCC(N)=O)NC(=O)[C@H](CC(N)=O)NC(=O)[C@H](CCCN=C(N)N)NC1=O. The Bertz CT molecular complexity index is 2150. The number of hydrogen-bond donors (Lipinski definition) is 14. The molecular formula is C46H75N15O12S2. The summed E-state index contributed by atoms with van der Waals surface area (Å²) < 4.78 is 0. The highest BCUT2D eigenvalue weighted by atomic mass is 33.1. The molecule has 0 unspecified atom stereocenters. The van der Waals surface area contributed by atoms with Gasteiger partial charge < -0.3 is 81.6 Å². The van der Waals surface area contributed by atoms with Gasteiger partial charge in [-0.15, -0.1) is 0 Å². The molecule has 0 aromatic heterocycles. The number of hydrogen-bond acceptors (Lipinski definition) is 16. The van der Waals surface area contributed by atoms with Crippen molar-refractivity contribution in [3.63, 3.8) is 0 Å². The zero-order chi connectivity index (χ0) is 56.2. The number of benzene rings is 1. The molecule has 20 N–H and O–H groups in total. The van der Waals surface area contributed by atoms with Gasteiger partial charge in [-0.05, 0) is 63.0 Å². The smallest absolute Gasteiger partial charge is 0.300 e. The molecule has 0 bridgehead atoms. The van der Waals surface area contributed by atoms with Crippen LogP contribution in [0.15, 0.2) is 35.3 Å². The molecule has 10 amide bonds. The van der Waals surface area contributed by atoms with Crippen molar-refractivity contribution in [3.05, 3.63) is 35.9 Å². The number of aliphatic carboxylic acids is 1. The van der Waals surface area contributed by atoms with Gasteiger partial charge in [0.15, 0.2) is 5.96 Å². The van der Waals surface area contributed by atoms with Gasteiger partial charge in [-0.1, -0.05) is 72.2 Å². The van der Waals surface area contributed by atoms with Crippen LogP contribution in [0.5, 0.6) is 0 Å². The molecular weight excluding hydrogens is 1020 g/mol. The van der Waals surface area contributed by atoms with Crippen molar-refractivity contribution in [1.29, 1.82) is 0 Å². The maximum absolute atomic E-state index is 14.6. The largest absolute Gasteiger partial charge is 0.481 e. The number of carboxylic acid groups (broad SMARTS) is 1. The fourth-order valence-electron chi connectivity index (χ4n) is 7.60. The number of carbonyl (C=O) groups is 11. The third kappa shape index (κ3) is 24.0. The van der Waals surface area contributed by atoms with E-state index in [9.17, 15) is 47.9 Å². The van der Waals surface area contributed by atoms with Gasteiger partial charge in [-0.2, -0.15) is 0 Å². The van der Waals surface area contributed by atoms with Crippen LogP contribution in [0.3, 0.4) is 0 Å². The fraction of sp³-hybridized carbons (Fsp3) is 0.609. The number of nitrogens with zero attached hydrogens (tertiary/aromatic N) is 2. The highest BCUT2D eigenvalue weighted by Crippen LogP contribution is 2.26. The lowest BCUT2D eigenvalue weighted by atomic mass is 9.96. The molecule has 2 aliphatic rings. The first kappa shape index (κ1) is 64.4. The molecule has 75 heavy (non-hydrogen) atoms. The number of carbonyl (C=O) groups excluding carboxylic acids is 10. The molecule has 0 spiro atoms. The van der Waals surface area contributed by atoms with Crippen molar-refractivity contribution in [2.24, 2.45) is 45.3 Å². The van der Waals surface area contributed by atoms with Crippen LogP contribution in [-0.4, -0.2) is 167 Å². The average Bonchev–Trinajstić information content (AvgIpc) is 3.85. The Morgan fingerprint density at radius 1 is 0.813 bits per heavy atom. The van der Waals surface area contributed by atoms with E-state index in [4.69, 9.17) is 44.3 Å². The molecule has 2 aliphatic heterocycles. The van der Waals surface area contributed by atoms with Crippen molar-refractivity contribution >= 4 is 92.6 Å². The van der Waals surface area contributed by atoms with Crippen molar-refractivity contribution in [2.45, 2.75) is 133 Å². The molecule has 3 rings (SSSR count). The Balaban J connectivity index is 0.00000463. The van der Waals surface area contributed by atoms with Crippen molar-refractivity contribution in [3.8, 4) is 0 Å². The number of carboxylic acids is 1. The van der Waals surface area contributed by atoms with Gasteiger partial charge in [0.25, 0.3) is 5.97 Å². The normalized spacial score (nSPS) is 22.9. The molecule has 27 nitrogen and oxygen atoms in total. The minimum Gasteiger partial charge on any atom is -0.481 e. The average molecular weight is 1090 g/mol. The van der Waals surface area contributed by atoms with E-state index >= 15 is 0 Å². The lowest BCUT2D eigenvalue weighted by Crippen LogP contribution is -2.61. The topological polar surface area (TPSA) is 464 Å².